The van der Waals surface area contributed by atoms with Crippen LogP contribution in [0.15, 0.2) is 64.4 Å². The number of aliphatic carboxylic acids is 1. The van der Waals surface area contributed by atoms with Gasteiger partial charge in [0.15, 0.2) is 17.5 Å². The van der Waals surface area contributed by atoms with E-state index in [1.807, 2.05) is 0 Å². The molecule has 3 aromatic carbocycles. The van der Waals surface area contributed by atoms with Crippen LogP contribution in [0.3, 0.4) is 0 Å². The third-order valence-electron chi connectivity index (χ3n) is 7.47. The van der Waals surface area contributed by atoms with Crippen molar-refractivity contribution in [3.05, 3.63) is 115 Å². The molecule has 15 heteroatoms. The lowest BCUT2D eigenvalue weighted by atomic mass is 10.0. The van der Waals surface area contributed by atoms with E-state index in [1.54, 1.807) is 30.5 Å². The summed E-state index contributed by atoms with van der Waals surface area (Å²) in [5.74, 6) is -5.53. The number of methoxy groups -OCH3 is 1. The molecule has 2 aromatic heterocycles. The summed E-state index contributed by atoms with van der Waals surface area (Å²) in [6, 6.07) is 9.79. The normalized spacial score (nSPS) is 11.2. The predicted molar refractivity (Wildman–Crippen MR) is 169 cm³/mol. The molecule has 0 unspecified atom stereocenters. The highest BCUT2D eigenvalue weighted by Crippen LogP contribution is 2.34. The first-order chi connectivity index (χ1) is 22.5. The van der Waals surface area contributed by atoms with E-state index in [9.17, 15) is 27.6 Å². The van der Waals surface area contributed by atoms with Crippen molar-refractivity contribution < 1.29 is 27.8 Å². The zero-order chi connectivity index (χ0) is 33.8. The van der Waals surface area contributed by atoms with Crippen LogP contribution in [0.5, 0.6) is 5.75 Å². The number of nitrogens with two attached hydrogens (primary N) is 1. The number of aryl methyl sites for hydroxylation is 1. The summed E-state index contributed by atoms with van der Waals surface area (Å²) >= 11 is 6.61. The van der Waals surface area contributed by atoms with Crippen molar-refractivity contribution in [2.45, 2.75) is 38.8 Å². The molecule has 0 atom stereocenters. The van der Waals surface area contributed by atoms with E-state index < -0.39 is 41.3 Å². The van der Waals surface area contributed by atoms with Crippen molar-refractivity contribution in [3.8, 4) is 11.4 Å². The van der Waals surface area contributed by atoms with E-state index >= 15 is 0 Å². The van der Waals surface area contributed by atoms with Crippen molar-refractivity contribution >= 4 is 40.0 Å². The maximum absolute atomic E-state index is 14.3. The average molecular weight is 669 g/mol. The molecule has 2 heterocycles. The third-order valence-corrected chi connectivity index (χ3v) is 7.77. The molecular weight excluding hydrogens is 641 g/mol. The molecular formula is C32H28ClF3N6O5. The number of hydrogen-bond donors (Lipinski definition) is 3. The topological polar surface area (TPSA) is 154 Å². The maximum atomic E-state index is 14.3. The minimum Gasteiger partial charge on any atom is -0.497 e. The maximum Gasteiger partial charge on any atom is 0.359 e. The van der Waals surface area contributed by atoms with E-state index in [0.717, 1.165) is 21.3 Å². The molecule has 0 fully saturated rings. The smallest absolute Gasteiger partial charge is 0.359 e. The number of anilines is 2. The van der Waals surface area contributed by atoms with E-state index in [-0.39, 0.29) is 40.9 Å². The number of carboxylic acid groups (broad SMARTS) is 1. The Morgan fingerprint density at radius 2 is 1.81 bits per heavy atom. The minimum atomic E-state index is -1.68. The van der Waals surface area contributed by atoms with Crippen LogP contribution in [0.4, 0.5) is 24.8 Å². The van der Waals surface area contributed by atoms with Crippen LogP contribution >= 0.6 is 11.6 Å². The second kappa shape index (κ2) is 14.1. The van der Waals surface area contributed by atoms with Gasteiger partial charge in [-0.1, -0.05) is 29.8 Å². The van der Waals surface area contributed by atoms with Gasteiger partial charge >= 0.3 is 17.3 Å². The average Bonchev–Trinajstić information content (AvgIpc) is 3.04. The fourth-order valence-corrected chi connectivity index (χ4v) is 5.52. The number of carboxylic acids is 1. The Bertz CT molecular complexity index is 2090. The van der Waals surface area contributed by atoms with Gasteiger partial charge < -0.3 is 20.9 Å². The highest BCUT2D eigenvalue weighted by molar-refractivity contribution is 6.33. The van der Waals surface area contributed by atoms with Gasteiger partial charge in [0.1, 0.15) is 5.75 Å². The Morgan fingerprint density at radius 1 is 1.06 bits per heavy atom. The molecule has 0 bridgehead atoms. The van der Waals surface area contributed by atoms with Gasteiger partial charge in [0, 0.05) is 36.0 Å². The summed E-state index contributed by atoms with van der Waals surface area (Å²) in [7, 11) is 1.44. The highest BCUT2D eigenvalue weighted by Gasteiger charge is 2.22. The van der Waals surface area contributed by atoms with Gasteiger partial charge in [0.05, 0.1) is 36.2 Å². The molecule has 244 valence electrons. The molecule has 0 saturated carbocycles. The molecule has 4 N–H and O–H groups in total. The molecule has 0 aliphatic rings. The summed E-state index contributed by atoms with van der Waals surface area (Å²) in [4.78, 5) is 47.2. The van der Waals surface area contributed by atoms with Crippen molar-refractivity contribution in [1.29, 1.82) is 0 Å². The molecule has 0 aliphatic carbocycles. The Balaban J connectivity index is 1.71. The quantitative estimate of drug-likeness (QED) is 0.122. The van der Waals surface area contributed by atoms with Crippen LogP contribution in [0, 0.1) is 17.5 Å². The molecule has 5 rings (SSSR count). The summed E-state index contributed by atoms with van der Waals surface area (Å²) < 4.78 is 49.4. The van der Waals surface area contributed by atoms with E-state index in [0.29, 0.717) is 46.9 Å². The van der Waals surface area contributed by atoms with Crippen molar-refractivity contribution in [2.24, 2.45) is 5.73 Å². The number of unbranched alkanes of at least 4 members (excludes halogenated alkanes) is 1. The first kappa shape index (κ1) is 33.2. The van der Waals surface area contributed by atoms with Crippen LogP contribution in [0.1, 0.15) is 36.0 Å². The zero-order valence-electron chi connectivity index (χ0n) is 24.9. The second-order valence-electron chi connectivity index (χ2n) is 10.5. The van der Waals surface area contributed by atoms with Gasteiger partial charge in [-0.25, -0.2) is 27.3 Å². The van der Waals surface area contributed by atoms with Crippen LogP contribution in [-0.2, 0) is 24.3 Å². The fraction of sp³-hybridized carbons (Fsp3) is 0.219. The molecule has 0 saturated heterocycles. The van der Waals surface area contributed by atoms with Gasteiger partial charge in [-0.05, 0) is 54.2 Å². The number of rotatable bonds is 12. The highest BCUT2D eigenvalue weighted by atomic mass is 35.5. The summed E-state index contributed by atoms with van der Waals surface area (Å²) in [6.45, 7) is -0.476. The van der Waals surface area contributed by atoms with Crippen LogP contribution in [-0.4, -0.2) is 37.3 Å². The van der Waals surface area contributed by atoms with Gasteiger partial charge in [-0.3, -0.25) is 14.3 Å². The Labute approximate surface area is 270 Å². The lowest BCUT2D eigenvalue weighted by Crippen LogP contribution is -2.42. The number of halogens is 4. The fourth-order valence-electron chi connectivity index (χ4n) is 5.25. The number of pyridine rings is 1. The molecule has 0 radical (unpaired) electrons. The van der Waals surface area contributed by atoms with Gasteiger partial charge in [0.2, 0.25) is 5.95 Å². The van der Waals surface area contributed by atoms with Crippen molar-refractivity contribution in [2.75, 3.05) is 12.4 Å². The first-order valence-corrected chi connectivity index (χ1v) is 14.7. The van der Waals surface area contributed by atoms with Gasteiger partial charge in [-0.15, -0.1) is 0 Å². The number of benzene rings is 3. The zero-order valence-corrected chi connectivity index (χ0v) is 25.7. The summed E-state index contributed by atoms with van der Waals surface area (Å²) in [6.07, 6.45) is 3.91. The molecule has 0 spiro atoms. The van der Waals surface area contributed by atoms with Crippen LogP contribution in [0.25, 0.3) is 16.5 Å². The largest absolute Gasteiger partial charge is 0.497 e. The van der Waals surface area contributed by atoms with E-state index in [4.69, 9.17) is 27.2 Å². The molecule has 0 amide bonds. The first-order valence-electron chi connectivity index (χ1n) is 14.3. The number of ether oxygens (including phenoxy) is 1. The lowest BCUT2D eigenvalue weighted by molar-refractivity contribution is -0.137. The molecule has 5 aromatic rings. The standard InChI is InChI=1S/C32H28ClF3N6O5/c1-47-21-11-18(5-2-3-8-26(43)44)29(22(33)12-21)39-30-40-31(45)42(25-15-38-14-20-7-4-6-19(13-37)27(20)25)32(46)41(30)16-17-9-23(34)28(36)24(35)10-17/h4,6-7,9-12,14-15H,2-3,5,8,13,16,37H2,1H3,(H,43,44)(H,39,40,45). The Morgan fingerprint density at radius 3 is 2.49 bits per heavy atom. The minimum absolute atomic E-state index is 0.0561. The van der Waals surface area contributed by atoms with Crippen LogP contribution < -0.4 is 27.2 Å². The third kappa shape index (κ3) is 6.98. The second-order valence-corrected chi connectivity index (χ2v) is 10.9. The lowest BCUT2D eigenvalue weighted by Gasteiger charge is -2.19. The number of carbonyl (C=O) groups is 1. The van der Waals surface area contributed by atoms with Crippen LogP contribution in [0.2, 0.25) is 5.02 Å². The predicted octanol–water partition coefficient (Wildman–Crippen LogP) is 5.07. The molecule has 0 aliphatic heterocycles. The van der Waals surface area contributed by atoms with E-state index in [2.05, 4.69) is 15.3 Å². The van der Waals surface area contributed by atoms with Crippen molar-refractivity contribution in [1.82, 2.24) is 19.1 Å². The number of nitrogens with one attached hydrogen (secondary N) is 1. The molecule has 11 nitrogen and oxygen atoms in total. The monoisotopic (exact) mass is 668 g/mol. The molecule has 47 heavy (non-hydrogen) atoms. The Kier molecular flexibility index (Phi) is 9.92. The number of hydrogen-bond acceptors (Lipinski definition) is 8. The Hall–Kier alpha value is -5.21. The SMILES string of the molecule is COc1cc(Cl)c(Nc2nc(=O)n(-c3cncc4cccc(CN)c34)c(=O)n2Cc2cc(F)c(F)c(F)c2)c(CCCCC(=O)O)c1. The van der Waals surface area contributed by atoms with Gasteiger partial charge in [0.25, 0.3) is 0 Å². The number of aromatic nitrogens is 4. The summed E-state index contributed by atoms with van der Waals surface area (Å²) in [5, 5.41) is 13.1. The number of nitrogens with zero attached hydrogens (tertiary/aromatic N) is 4. The van der Waals surface area contributed by atoms with Gasteiger partial charge in [-0.2, -0.15) is 4.98 Å². The summed E-state index contributed by atoms with van der Waals surface area (Å²) in [5.41, 5.74) is 5.30. The van der Waals surface area contributed by atoms with E-state index in [1.165, 1.54) is 19.4 Å². The number of fused-ring (bicyclic) bond motifs is 1. The van der Waals surface area contributed by atoms with Crippen molar-refractivity contribution in [3.63, 3.8) is 0 Å².